The number of hydrogen-bond acceptors (Lipinski definition) is 2. The lowest BCUT2D eigenvalue weighted by Gasteiger charge is -1.96. The molecule has 11 heavy (non-hydrogen) atoms. The van der Waals surface area contributed by atoms with Gasteiger partial charge in [0.25, 0.3) is 0 Å². The maximum Gasteiger partial charge on any atom is 0.0416 e. The van der Waals surface area contributed by atoms with Crippen molar-refractivity contribution in [3.05, 3.63) is 30.1 Å². The van der Waals surface area contributed by atoms with Gasteiger partial charge in [-0.1, -0.05) is 13.5 Å². The predicted octanol–water partition coefficient (Wildman–Crippen LogP) is 1.48. The second-order valence-corrected chi connectivity index (χ2v) is 2.17. The lowest BCUT2D eigenvalue weighted by atomic mass is 10.3. The normalized spacial score (nSPS) is 8.82. The zero-order valence-electron chi connectivity index (χ0n) is 6.17. The van der Waals surface area contributed by atoms with Gasteiger partial charge >= 0.3 is 0 Å². The smallest absolute Gasteiger partial charge is 0.0416 e. The Balaban J connectivity index is 0.000001000. The lowest BCUT2D eigenvalue weighted by Crippen LogP contribution is -2.10. The van der Waals surface area contributed by atoms with E-state index in [4.69, 9.17) is 0 Å². The van der Waals surface area contributed by atoms with Gasteiger partial charge in [0.15, 0.2) is 0 Å². The molecular formula is C9H16N2. The van der Waals surface area contributed by atoms with Crippen LogP contribution in [-0.4, -0.2) is 18.6 Å². The van der Waals surface area contributed by atoms with E-state index in [1.54, 1.807) is 0 Å². The van der Waals surface area contributed by atoms with E-state index in [-0.39, 0.29) is 7.43 Å². The van der Waals surface area contributed by atoms with E-state index < -0.39 is 0 Å². The van der Waals surface area contributed by atoms with Crippen LogP contribution in [-0.2, 0) is 6.42 Å². The maximum absolute atomic E-state index is 4.18. The van der Waals surface area contributed by atoms with Crippen LogP contribution in [0.2, 0.25) is 0 Å². The first-order chi connectivity index (χ1) is 4.93. The highest BCUT2D eigenvalue weighted by atomic mass is 14.8. The van der Waals surface area contributed by atoms with Crippen molar-refractivity contribution in [1.29, 1.82) is 0 Å². The topological polar surface area (TPSA) is 24.9 Å². The monoisotopic (exact) mass is 152 g/mol. The fraction of sp³-hybridized carbons (Fsp3) is 0.444. The molecule has 1 aromatic rings. The minimum Gasteiger partial charge on any atom is -0.319 e. The van der Waals surface area contributed by atoms with Crippen LogP contribution in [0.4, 0.5) is 0 Å². The second kappa shape index (κ2) is 5.86. The minimum absolute atomic E-state index is 0. The van der Waals surface area contributed by atoms with Gasteiger partial charge in [0.05, 0.1) is 0 Å². The predicted molar refractivity (Wildman–Crippen MR) is 48.6 cm³/mol. The molecule has 0 saturated carbocycles. The molecule has 0 aromatic carbocycles. The molecule has 0 unspecified atom stereocenters. The van der Waals surface area contributed by atoms with Gasteiger partial charge in [0, 0.05) is 24.9 Å². The lowest BCUT2D eigenvalue weighted by molar-refractivity contribution is 0.776. The number of pyridine rings is 1. The number of rotatable bonds is 3. The van der Waals surface area contributed by atoms with Crippen LogP contribution in [0.5, 0.6) is 0 Å². The van der Waals surface area contributed by atoms with Crippen molar-refractivity contribution in [2.24, 2.45) is 0 Å². The highest BCUT2D eigenvalue weighted by Gasteiger charge is 1.88. The fourth-order valence-electron chi connectivity index (χ4n) is 0.799. The molecule has 0 amide bonds. The summed E-state index contributed by atoms with van der Waals surface area (Å²) in [4.78, 5) is 4.18. The van der Waals surface area contributed by atoms with Crippen LogP contribution < -0.4 is 5.32 Å². The number of nitrogens with one attached hydrogen (secondary N) is 1. The van der Waals surface area contributed by atoms with E-state index in [0.717, 1.165) is 18.7 Å². The maximum atomic E-state index is 4.18. The van der Waals surface area contributed by atoms with Crippen LogP contribution >= 0.6 is 0 Å². The molecule has 62 valence electrons. The molecular weight excluding hydrogens is 136 g/mol. The third-order valence-electron chi connectivity index (χ3n) is 1.36. The van der Waals surface area contributed by atoms with Gasteiger partial charge in [0.2, 0.25) is 0 Å². The van der Waals surface area contributed by atoms with Gasteiger partial charge in [-0.05, 0) is 19.2 Å². The summed E-state index contributed by atoms with van der Waals surface area (Å²) < 4.78 is 0. The second-order valence-electron chi connectivity index (χ2n) is 2.17. The minimum atomic E-state index is 0. The zero-order chi connectivity index (χ0) is 7.23. The third-order valence-corrected chi connectivity index (χ3v) is 1.36. The van der Waals surface area contributed by atoms with Crippen molar-refractivity contribution in [3.63, 3.8) is 0 Å². The molecule has 0 bridgehead atoms. The van der Waals surface area contributed by atoms with Crippen molar-refractivity contribution in [1.82, 2.24) is 10.3 Å². The molecule has 1 heterocycles. The summed E-state index contributed by atoms with van der Waals surface area (Å²) in [6.07, 6.45) is 2.84. The number of hydrogen-bond donors (Lipinski definition) is 1. The van der Waals surface area contributed by atoms with Gasteiger partial charge in [-0.2, -0.15) is 0 Å². The average Bonchev–Trinajstić information content (AvgIpc) is 2.03. The molecule has 0 fully saturated rings. The molecule has 0 atom stereocenters. The molecule has 0 radical (unpaired) electrons. The Kier molecular flexibility index (Phi) is 5.39. The molecule has 2 heteroatoms. The van der Waals surface area contributed by atoms with Crippen LogP contribution in [0.25, 0.3) is 0 Å². The van der Waals surface area contributed by atoms with Gasteiger partial charge in [-0.3, -0.25) is 4.98 Å². The first-order valence-corrected chi connectivity index (χ1v) is 3.48. The highest BCUT2D eigenvalue weighted by molar-refractivity contribution is 5.03. The Hall–Kier alpha value is -0.890. The summed E-state index contributed by atoms with van der Waals surface area (Å²) >= 11 is 0. The van der Waals surface area contributed by atoms with Gasteiger partial charge in [0.1, 0.15) is 0 Å². The standard InChI is InChI=1S/C8H12N2.CH4/c1-9-7-5-8-4-2-3-6-10-8;/h2-4,6,9H,5,7H2,1H3;1H4. The number of likely N-dealkylation sites (N-methyl/N-ethyl adjacent to an activating group) is 1. The average molecular weight is 152 g/mol. The van der Waals surface area contributed by atoms with Crippen LogP contribution in [0, 0.1) is 0 Å². The first-order valence-electron chi connectivity index (χ1n) is 3.48. The van der Waals surface area contributed by atoms with E-state index >= 15 is 0 Å². The largest absolute Gasteiger partial charge is 0.319 e. The SMILES string of the molecule is C.CNCCc1ccccn1. The number of aromatic nitrogens is 1. The van der Waals surface area contributed by atoms with E-state index in [1.165, 1.54) is 0 Å². The Morgan fingerprint density at radius 1 is 1.45 bits per heavy atom. The molecule has 0 aliphatic heterocycles. The van der Waals surface area contributed by atoms with Crippen molar-refractivity contribution in [2.45, 2.75) is 13.8 Å². The summed E-state index contributed by atoms with van der Waals surface area (Å²) in [5.74, 6) is 0. The van der Waals surface area contributed by atoms with Crippen molar-refractivity contribution >= 4 is 0 Å². The van der Waals surface area contributed by atoms with E-state index in [2.05, 4.69) is 10.3 Å². The zero-order valence-corrected chi connectivity index (χ0v) is 6.17. The Labute approximate surface area is 68.7 Å². The summed E-state index contributed by atoms with van der Waals surface area (Å²) in [6.45, 7) is 0.997. The van der Waals surface area contributed by atoms with Crippen LogP contribution in [0.1, 0.15) is 13.1 Å². The molecule has 1 rings (SSSR count). The summed E-state index contributed by atoms with van der Waals surface area (Å²) in [5.41, 5.74) is 1.15. The molecule has 1 aromatic heterocycles. The molecule has 1 N–H and O–H groups in total. The fourth-order valence-corrected chi connectivity index (χ4v) is 0.799. The summed E-state index contributed by atoms with van der Waals surface area (Å²) in [5, 5.41) is 3.08. The molecule has 2 nitrogen and oxygen atoms in total. The molecule has 0 spiro atoms. The van der Waals surface area contributed by atoms with Crippen LogP contribution in [0.3, 0.4) is 0 Å². The third kappa shape index (κ3) is 3.73. The molecule has 0 aliphatic rings. The van der Waals surface area contributed by atoms with Gasteiger partial charge < -0.3 is 5.32 Å². The van der Waals surface area contributed by atoms with E-state index in [0.29, 0.717) is 0 Å². The molecule has 0 saturated heterocycles. The van der Waals surface area contributed by atoms with E-state index in [1.807, 2.05) is 31.4 Å². The van der Waals surface area contributed by atoms with Gasteiger partial charge in [-0.25, -0.2) is 0 Å². The Bertz CT molecular complexity index is 172. The Morgan fingerprint density at radius 3 is 2.82 bits per heavy atom. The van der Waals surface area contributed by atoms with Gasteiger partial charge in [-0.15, -0.1) is 0 Å². The Morgan fingerprint density at radius 2 is 2.27 bits per heavy atom. The molecule has 0 aliphatic carbocycles. The van der Waals surface area contributed by atoms with Crippen molar-refractivity contribution in [3.8, 4) is 0 Å². The summed E-state index contributed by atoms with van der Waals surface area (Å²) in [7, 11) is 1.95. The van der Waals surface area contributed by atoms with Crippen LogP contribution in [0.15, 0.2) is 24.4 Å². The van der Waals surface area contributed by atoms with E-state index in [9.17, 15) is 0 Å². The first kappa shape index (κ1) is 10.1. The number of nitrogens with zero attached hydrogens (tertiary/aromatic N) is 1. The highest BCUT2D eigenvalue weighted by Crippen LogP contribution is 1.92. The van der Waals surface area contributed by atoms with Crippen molar-refractivity contribution in [2.75, 3.05) is 13.6 Å². The van der Waals surface area contributed by atoms with Crippen molar-refractivity contribution < 1.29 is 0 Å². The summed E-state index contributed by atoms with van der Waals surface area (Å²) in [6, 6.07) is 5.98. The quantitative estimate of drug-likeness (QED) is 0.709.